The maximum Gasteiger partial charge on any atom is 0.216 e. The smallest absolute Gasteiger partial charge is 0.216 e. The molecule has 2 heterocycles. The summed E-state index contributed by atoms with van der Waals surface area (Å²) >= 11 is 0. The second kappa shape index (κ2) is 4.22. The van der Waals surface area contributed by atoms with Crippen LogP contribution in [0.1, 0.15) is 0 Å². The van der Waals surface area contributed by atoms with Crippen molar-refractivity contribution in [1.29, 1.82) is 0 Å². The molecule has 0 N–H and O–H groups in total. The normalized spacial score (nSPS) is 10.2. The topological polar surface area (TPSA) is 35.0 Å². The Labute approximate surface area is 90.7 Å². The third-order valence-corrected chi connectivity index (χ3v) is 2.03. The van der Waals surface area contributed by atoms with E-state index in [9.17, 15) is 8.78 Å². The summed E-state index contributed by atoms with van der Waals surface area (Å²) in [4.78, 5) is 7.01. The number of pyridine rings is 2. The van der Waals surface area contributed by atoms with Crippen molar-refractivity contribution in [3.8, 4) is 17.0 Å². The maximum absolute atomic E-state index is 12.9. The molecule has 3 nitrogen and oxygen atoms in total. The van der Waals surface area contributed by atoms with Crippen LogP contribution in [0, 0.1) is 11.9 Å². The Morgan fingerprint density at radius 2 is 1.81 bits per heavy atom. The largest absolute Gasteiger partial charge is 0.497 e. The first-order valence-electron chi connectivity index (χ1n) is 4.52. The van der Waals surface area contributed by atoms with Gasteiger partial charge < -0.3 is 4.74 Å². The van der Waals surface area contributed by atoms with Gasteiger partial charge in [-0.2, -0.15) is 13.8 Å². The molecule has 2 aromatic heterocycles. The van der Waals surface area contributed by atoms with Crippen LogP contribution < -0.4 is 4.74 Å². The molecule has 0 saturated carbocycles. The Hall–Kier alpha value is -2.04. The number of rotatable bonds is 2. The van der Waals surface area contributed by atoms with Gasteiger partial charge in [-0.3, -0.25) is 4.98 Å². The van der Waals surface area contributed by atoms with Gasteiger partial charge >= 0.3 is 0 Å². The molecule has 0 amide bonds. The van der Waals surface area contributed by atoms with Crippen LogP contribution in [-0.2, 0) is 0 Å². The zero-order chi connectivity index (χ0) is 11.5. The van der Waals surface area contributed by atoms with Gasteiger partial charge in [0, 0.05) is 30.0 Å². The van der Waals surface area contributed by atoms with E-state index in [2.05, 4.69) is 9.97 Å². The number of hydrogen-bond donors (Lipinski definition) is 0. The monoisotopic (exact) mass is 222 g/mol. The third-order valence-electron chi connectivity index (χ3n) is 2.03. The summed E-state index contributed by atoms with van der Waals surface area (Å²) in [5.74, 6) is -1.18. The summed E-state index contributed by atoms with van der Waals surface area (Å²) in [5.41, 5.74) is 0.753. The fraction of sp³-hybridized carbons (Fsp3) is 0.0909. The molecular weight excluding hydrogens is 214 g/mol. The first kappa shape index (κ1) is 10.5. The van der Waals surface area contributed by atoms with Crippen LogP contribution in [-0.4, -0.2) is 17.1 Å². The van der Waals surface area contributed by atoms with Gasteiger partial charge in [-0.15, -0.1) is 0 Å². The average molecular weight is 222 g/mol. The minimum absolute atomic E-state index is 0.323. The standard InChI is InChI=1S/C11H8F2N2O/c1-16-8-2-3-14-9(6-8)7-4-10(12)15-11(13)5-7/h2-6H,1H3. The quantitative estimate of drug-likeness (QED) is 0.732. The van der Waals surface area contributed by atoms with Crippen LogP contribution in [0.15, 0.2) is 30.5 Å². The Morgan fingerprint density at radius 1 is 1.12 bits per heavy atom. The van der Waals surface area contributed by atoms with Gasteiger partial charge in [-0.1, -0.05) is 0 Å². The van der Waals surface area contributed by atoms with Crippen molar-refractivity contribution < 1.29 is 13.5 Å². The van der Waals surface area contributed by atoms with Crippen molar-refractivity contribution in [3.05, 3.63) is 42.4 Å². The van der Waals surface area contributed by atoms with Gasteiger partial charge in [-0.05, 0) is 6.07 Å². The van der Waals surface area contributed by atoms with Gasteiger partial charge in [0.1, 0.15) is 5.75 Å². The highest BCUT2D eigenvalue weighted by Gasteiger charge is 2.06. The molecule has 0 unspecified atom stereocenters. The molecular formula is C11H8F2N2O. The van der Waals surface area contributed by atoms with E-state index in [1.165, 1.54) is 13.3 Å². The van der Waals surface area contributed by atoms with Crippen LogP contribution in [0.3, 0.4) is 0 Å². The molecule has 0 aliphatic carbocycles. The average Bonchev–Trinajstić information content (AvgIpc) is 2.28. The summed E-state index contributed by atoms with van der Waals surface area (Å²) in [6.45, 7) is 0. The van der Waals surface area contributed by atoms with E-state index in [0.717, 1.165) is 12.1 Å². The molecule has 82 valence electrons. The second-order valence-electron chi connectivity index (χ2n) is 3.08. The predicted octanol–water partition coefficient (Wildman–Crippen LogP) is 2.43. The molecule has 0 spiro atoms. The maximum atomic E-state index is 12.9. The number of methoxy groups -OCH3 is 1. The second-order valence-corrected chi connectivity index (χ2v) is 3.08. The highest BCUT2D eigenvalue weighted by molar-refractivity contribution is 5.59. The van der Waals surface area contributed by atoms with Crippen LogP contribution in [0.4, 0.5) is 8.78 Å². The van der Waals surface area contributed by atoms with Gasteiger partial charge in [-0.25, -0.2) is 0 Å². The van der Waals surface area contributed by atoms with Crippen molar-refractivity contribution in [3.63, 3.8) is 0 Å². The lowest BCUT2D eigenvalue weighted by Crippen LogP contribution is -1.92. The number of halogens is 2. The van der Waals surface area contributed by atoms with Crippen molar-refractivity contribution >= 4 is 0 Å². The van der Waals surface area contributed by atoms with Crippen molar-refractivity contribution in [2.45, 2.75) is 0 Å². The summed E-state index contributed by atoms with van der Waals surface area (Å²) < 4.78 is 30.8. The molecule has 0 radical (unpaired) electrons. The van der Waals surface area contributed by atoms with Crippen LogP contribution in [0.25, 0.3) is 11.3 Å². The number of ether oxygens (including phenoxy) is 1. The van der Waals surface area contributed by atoms with Gasteiger partial charge in [0.2, 0.25) is 11.9 Å². The number of hydrogen-bond acceptors (Lipinski definition) is 3. The molecule has 0 atom stereocenters. The summed E-state index contributed by atoms with van der Waals surface area (Å²) in [7, 11) is 1.51. The van der Waals surface area contributed by atoms with Crippen LogP contribution in [0.5, 0.6) is 5.75 Å². The first-order chi connectivity index (χ1) is 7.69. The summed E-state index contributed by atoms with van der Waals surface area (Å²) in [6, 6.07) is 5.47. The Balaban J connectivity index is 2.49. The highest BCUT2D eigenvalue weighted by atomic mass is 19.1. The highest BCUT2D eigenvalue weighted by Crippen LogP contribution is 2.21. The molecule has 0 aliphatic heterocycles. The molecule has 0 aromatic carbocycles. The van der Waals surface area contributed by atoms with Gasteiger partial charge in [0.05, 0.1) is 12.8 Å². The molecule has 0 fully saturated rings. The summed E-state index contributed by atoms with van der Waals surface area (Å²) in [6.07, 6.45) is 1.50. The predicted molar refractivity (Wildman–Crippen MR) is 53.9 cm³/mol. The van der Waals surface area contributed by atoms with E-state index >= 15 is 0 Å². The summed E-state index contributed by atoms with van der Waals surface area (Å²) in [5, 5.41) is 0. The zero-order valence-corrected chi connectivity index (χ0v) is 8.45. The van der Waals surface area contributed by atoms with E-state index in [4.69, 9.17) is 4.74 Å². The van der Waals surface area contributed by atoms with E-state index in [0.29, 0.717) is 17.0 Å². The van der Waals surface area contributed by atoms with Crippen molar-refractivity contribution in [2.24, 2.45) is 0 Å². The minimum Gasteiger partial charge on any atom is -0.497 e. The van der Waals surface area contributed by atoms with E-state index in [1.54, 1.807) is 12.1 Å². The first-order valence-corrected chi connectivity index (χ1v) is 4.52. The third kappa shape index (κ3) is 2.13. The lowest BCUT2D eigenvalue weighted by Gasteiger charge is -2.03. The molecule has 0 bridgehead atoms. The van der Waals surface area contributed by atoms with Crippen LogP contribution >= 0.6 is 0 Å². The van der Waals surface area contributed by atoms with E-state index < -0.39 is 11.9 Å². The van der Waals surface area contributed by atoms with Gasteiger partial charge in [0.15, 0.2) is 0 Å². The molecule has 0 aliphatic rings. The molecule has 16 heavy (non-hydrogen) atoms. The number of aromatic nitrogens is 2. The zero-order valence-electron chi connectivity index (χ0n) is 8.45. The molecule has 5 heteroatoms. The fourth-order valence-corrected chi connectivity index (χ4v) is 1.31. The van der Waals surface area contributed by atoms with Crippen molar-refractivity contribution in [2.75, 3.05) is 7.11 Å². The lowest BCUT2D eigenvalue weighted by atomic mass is 10.2. The fourth-order valence-electron chi connectivity index (χ4n) is 1.31. The molecule has 2 aromatic rings. The lowest BCUT2D eigenvalue weighted by molar-refractivity contribution is 0.414. The van der Waals surface area contributed by atoms with E-state index in [-0.39, 0.29) is 0 Å². The molecule has 0 saturated heterocycles. The van der Waals surface area contributed by atoms with Gasteiger partial charge in [0.25, 0.3) is 0 Å². The van der Waals surface area contributed by atoms with Crippen molar-refractivity contribution in [1.82, 2.24) is 9.97 Å². The Bertz CT molecular complexity index is 497. The van der Waals surface area contributed by atoms with E-state index in [1.807, 2.05) is 0 Å². The van der Waals surface area contributed by atoms with Crippen LogP contribution in [0.2, 0.25) is 0 Å². The Morgan fingerprint density at radius 3 is 2.44 bits per heavy atom. The number of nitrogens with zero attached hydrogens (tertiary/aromatic N) is 2. The SMILES string of the molecule is COc1ccnc(-c2cc(F)nc(F)c2)c1. The Kier molecular flexibility index (Phi) is 2.76. The molecule has 2 rings (SSSR count). The minimum atomic E-state index is -0.875.